The fourth-order valence-electron chi connectivity index (χ4n) is 7.12. The molecule has 9 nitrogen and oxygen atoms in total. The third kappa shape index (κ3) is 5.49. The first-order valence-electron chi connectivity index (χ1n) is 15.4. The highest BCUT2D eigenvalue weighted by molar-refractivity contribution is 6.03. The minimum Gasteiger partial charge on any atom is -0.494 e. The normalized spacial score (nSPS) is 26.7. The summed E-state index contributed by atoms with van der Waals surface area (Å²) in [6, 6.07) is 5.78. The molecule has 0 radical (unpaired) electrons. The first-order chi connectivity index (χ1) is 20.2. The van der Waals surface area contributed by atoms with E-state index in [9.17, 15) is 19.5 Å². The van der Waals surface area contributed by atoms with Crippen molar-refractivity contribution in [2.75, 3.05) is 37.7 Å². The van der Waals surface area contributed by atoms with Crippen molar-refractivity contribution in [2.45, 2.75) is 77.2 Å². The summed E-state index contributed by atoms with van der Waals surface area (Å²) < 4.78 is 12.2. The molecule has 3 saturated heterocycles. The Kier molecular flexibility index (Phi) is 10.1. The third-order valence-corrected chi connectivity index (χ3v) is 9.05. The van der Waals surface area contributed by atoms with Crippen LogP contribution in [0.3, 0.4) is 0 Å². The molecule has 1 aromatic carbocycles. The molecule has 3 amide bonds. The van der Waals surface area contributed by atoms with Gasteiger partial charge in [0.05, 0.1) is 37.2 Å². The fourth-order valence-corrected chi connectivity index (χ4v) is 7.12. The number of carbonyl (C=O) groups excluding carboxylic acids is 3. The van der Waals surface area contributed by atoms with Crippen LogP contribution in [0, 0.1) is 17.8 Å². The Morgan fingerprint density at radius 2 is 1.86 bits per heavy atom. The minimum absolute atomic E-state index is 0.111. The molecule has 3 aliphatic rings. The van der Waals surface area contributed by atoms with Crippen LogP contribution in [0.25, 0.3) is 0 Å². The van der Waals surface area contributed by atoms with Crippen LogP contribution < -0.4 is 9.64 Å². The molecule has 1 aromatic rings. The Bertz CT molecular complexity index is 1150. The van der Waals surface area contributed by atoms with Crippen molar-refractivity contribution in [3.63, 3.8) is 0 Å². The second-order valence-electron chi connectivity index (χ2n) is 11.9. The summed E-state index contributed by atoms with van der Waals surface area (Å²) in [4.78, 5) is 48.2. The molecule has 4 rings (SSSR count). The Morgan fingerprint density at radius 1 is 1.17 bits per heavy atom. The van der Waals surface area contributed by atoms with Crippen LogP contribution in [0.2, 0.25) is 0 Å². The van der Waals surface area contributed by atoms with Gasteiger partial charge in [0.25, 0.3) is 0 Å². The van der Waals surface area contributed by atoms with Gasteiger partial charge in [0.1, 0.15) is 17.4 Å². The van der Waals surface area contributed by atoms with Gasteiger partial charge in [-0.15, -0.1) is 13.2 Å². The lowest BCUT2D eigenvalue weighted by molar-refractivity contribution is -0.152. The Balaban J connectivity index is 1.76. The van der Waals surface area contributed by atoms with E-state index in [1.165, 1.54) is 0 Å². The lowest BCUT2D eigenvalue weighted by Gasteiger charge is -2.40. The lowest BCUT2D eigenvalue weighted by atomic mass is 9.70. The van der Waals surface area contributed by atoms with Gasteiger partial charge in [-0.1, -0.05) is 39.3 Å². The average Bonchev–Trinajstić information content (AvgIpc) is 3.62. The quantitative estimate of drug-likeness (QED) is 0.316. The molecule has 9 heteroatoms. The zero-order chi connectivity index (χ0) is 30.6. The Morgan fingerprint density at radius 3 is 2.43 bits per heavy atom. The van der Waals surface area contributed by atoms with E-state index in [0.29, 0.717) is 44.0 Å². The second-order valence-corrected chi connectivity index (χ2v) is 11.9. The number of ether oxygens (including phenoxy) is 2. The highest BCUT2D eigenvalue weighted by Gasteiger charge is 2.75. The van der Waals surface area contributed by atoms with E-state index < -0.39 is 35.6 Å². The largest absolute Gasteiger partial charge is 0.494 e. The predicted octanol–water partition coefficient (Wildman–Crippen LogP) is 3.81. The number of anilines is 1. The maximum absolute atomic E-state index is 14.5. The van der Waals surface area contributed by atoms with Gasteiger partial charge in [-0.05, 0) is 56.4 Å². The minimum atomic E-state index is -1.13. The topological polar surface area (TPSA) is 99.6 Å². The molecule has 0 aromatic heterocycles. The summed E-state index contributed by atoms with van der Waals surface area (Å²) in [6.45, 7) is 16.9. The number of benzene rings is 1. The standard InChI is InChI=1S/C33H47N3O6/c1-7-11-20-34(18-8-2)32(40)29-33-17-16-26(42-33)27(28(33)31(39)36(29)25(21-37)22(5)6)30(38)35(19-9-3)23-12-14-24(15-13-23)41-10-4/h8-9,12-15,22,25-29,37H,2-3,7,10-11,16-21H2,1,4-6H3/t25-,26-,27+,28-,29?,33?/m0/s1. The van der Waals surface area contributed by atoms with Crippen molar-refractivity contribution in [1.82, 2.24) is 9.80 Å². The van der Waals surface area contributed by atoms with Crippen molar-refractivity contribution in [3.05, 3.63) is 49.6 Å². The Labute approximate surface area is 250 Å². The number of unbranched alkanes of at least 4 members (excludes halogenated alkanes) is 1. The molecule has 0 saturated carbocycles. The smallest absolute Gasteiger partial charge is 0.248 e. The van der Waals surface area contributed by atoms with E-state index in [0.717, 1.165) is 12.8 Å². The summed E-state index contributed by atoms with van der Waals surface area (Å²) in [5.74, 6) is -1.71. The van der Waals surface area contributed by atoms with E-state index in [2.05, 4.69) is 20.1 Å². The molecule has 1 spiro atoms. The summed E-state index contributed by atoms with van der Waals surface area (Å²) in [5.41, 5.74) is -0.464. The van der Waals surface area contributed by atoms with E-state index >= 15 is 0 Å². The van der Waals surface area contributed by atoms with Gasteiger partial charge in [-0.2, -0.15) is 0 Å². The first-order valence-corrected chi connectivity index (χ1v) is 15.4. The van der Waals surface area contributed by atoms with E-state index in [-0.39, 0.29) is 36.8 Å². The Hall–Kier alpha value is -3.17. The van der Waals surface area contributed by atoms with Crippen molar-refractivity contribution in [1.29, 1.82) is 0 Å². The molecular weight excluding hydrogens is 534 g/mol. The van der Waals surface area contributed by atoms with Crippen LogP contribution in [-0.4, -0.2) is 89.3 Å². The van der Waals surface area contributed by atoms with Crippen LogP contribution in [0.15, 0.2) is 49.6 Å². The number of hydrogen-bond donors (Lipinski definition) is 1. The molecule has 0 aliphatic carbocycles. The molecule has 2 bridgehead atoms. The fraction of sp³-hybridized carbons (Fsp3) is 0.606. The summed E-state index contributed by atoms with van der Waals surface area (Å²) >= 11 is 0. The second kappa shape index (κ2) is 13.4. The number of fused-ring (bicyclic) bond motifs is 1. The van der Waals surface area contributed by atoms with Gasteiger partial charge >= 0.3 is 0 Å². The van der Waals surface area contributed by atoms with E-state index in [1.807, 2.05) is 45.0 Å². The zero-order valence-corrected chi connectivity index (χ0v) is 25.5. The molecule has 3 aliphatic heterocycles. The number of nitrogens with zero attached hydrogens (tertiary/aromatic N) is 3. The lowest BCUT2D eigenvalue weighted by Crippen LogP contribution is -2.59. The van der Waals surface area contributed by atoms with Gasteiger partial charge in [0.2, 0.25) is 17.7 Å². The van der Waals surface area contributed by atoms with Crippen molar-refractivity contribution < 1.29 is 29.0 Å². The zero-order valence-electron chi connectivity index (χ0n) is 25.5. The average molecular weight is 582 g/mol. The number of amides is 3. The highest BCUT2D eigenvalue weighted by Crippen LogP contribution is 2.59. The highest BCUT2D eigenvalue weighted by atomic mass is 16.5. The number of hydrogen-bond acceptors (Lipinski definition) is 6. The number of aliphatic hydroxyl groups is 1. The summed E-state index contributed by atoms with van der Waals surface area (Å²) in [6.07, 6.45) is 5.68. The predicted molar refractivity (Wildman–Crippen MR) is 162 cm³/mol. The monoisotopic (exact) mass is 581 g/mol. The first kappa shape index (κ1) is 31.8. The molecule has 3 fully saturated rings. The van der Waals surface area contributed by atoms with Crippen LogP contribution in [0.4, 0.5) is 5.69 Å². The number of rotatable bonds is 15. The van der Waals surface area contributed by atoms with Gasteiger partial charge in [0, 0.05) is 25.3 Å². The molecule has 42 heavy (non-hydrogen) atoms. The number of likely N-dealkylation sites (tertiary alicyclic amines) is 1. The molecule has 230 valence electrons. The molecule has 1 N–H and O–H groups in total. The maximum atomic E-state index is 14.5. The summed E-state index contributed by atoms with van der Waals surface area (Å²) in [7, 11) is 0. The molecule has 2 unspecified atom stereocenters. The van der Waals surface area contributed by atoms with Crippen LogP contribution in [0.5, 0.6) is 5.75 Å². The third-order valence-electron chi connectivity index (χ3n) is 9.05. The SMILES string of the molecule is C=CCN(CCCC)C(=O)C1N([C@@H](CO)C(C)C)C(=O)[C@@H]2[C@H](C(=O)N(CC=C)c3ccc(OCC)cc3)[C@@H]3CCC12O3. The van der Waals surface area contributed by atoms with Gasteiger partial charge in [-0.25, -0.2) is 0 Å². The van der Waals surface area contributed by atoms with Crippen LogP contribution in [0.1, 0.15) is 53.4 Å². The molecule has 3 heterocycles. The van der Waals surface area contributed by atoms with Crippen LogP contribution >= 0.6 is 0 Å². The van der Waals surface area contributed by atoms with Gasteiger partial charge < -0.3 is 29.3 Å². The van der Waals surface area contributed by atoms with Crippen LogP contribution in [-0.2, 0) is 19.1 Å². The van der Waals surface area contributed by atoms with E-state index in [1.54, 1.807) is 26.9 Å². The van der Waals surface area contributed by atoms with Crippen molar-refractivity contribution in [3.8, 4) is 5.75 Å². The number of aliphatic hydroxyl groups excluding tert-OH is 1. The van der Waals surface area contributed by atoms with Gasteiger partial charge in [-0.3, -0.25) is 14.4 Å². The van der Waals surface area contributed by atoms with Gasteiger partial charge in [0.15, 0.2) is 0 Å². The van der Waals surface area contributed by atoms with E-state index in [4.69, 9.17) is 9.47 Å². The summed E-state index contributed by atoms with van der Waals surface area (Å²) in [5, 5.41) is 10.5. The molecular formula is C33H47N3O6. The maximum Gasteiger partial charge on any atom is 0.248 e. The number of carbonyl (C=O) groups is 3. The molecule has 6 atom stereocenters. The van der Waals surface area contributed by atoms with Crippen molar-refractivity contribution in [2.24, 2.45) is 17.8 Å². The van der Waals surface area contributed by atoms with Crippen molar-refractivity contribution >= 4 is 23.4 Å².